The summed E-state index contributed by atoms with van der Waals surface area (Å²) in [5, 5.41) is 4.01. The monoisotopic (exact) mass is 431 g/mol. The summed E-state index contributed by atoms with van der Waals surface area (Å²) in [5.41, 5.74) is 6.12. The van der Waals surface area contributed by atoms with Gasteiger partial charge in [0.05, 0.1) is 23.3 Å². The van der Waals surface area contributed by atoms with E-state index in [1.54, 1.807) is 19.2 Å². The van der Waals surface area contributed by atoms with Crippen molar-refractivity contribution in [1.82, 2.24) is 15.0 Å². The van der Waals surface area contributed by atoms with Gasteiger partial charge >= 0.3 is 6.18 Å². The van der Waals surface area contributed by atoms with E-state index in [1.807, 2.05) is 25.1 Å². The number of nitrogens with two attached hydrogens (primary N) is 1. The van der Waals surface area contributed by atoms with Crippen LogP contribution in [0.1, 0.15) is 30.5 Å². The maximum absolute atomic E-state index is 13.2. The molecule has 0 spiro atoms. The van der Waals surface area contributed by atoms with Crippen LogP contribution < -0.4 is 20.9 Å². The van der Waals surface area contributed by atoms with Gasteiger partial charge in [-0.25, -0.2) is 9.97 Å². The van der Waals surface area contributed by atoms with Crippen LogP contribution in [0.5, 0.6) is 0 Å². The summed E-state index contributed by atoms with van der Waals surface area (Å²) in [7, 11) is 3.76. The number of nitrogens with one attached hydrogen (secondary N) is 1. The summed E-state index contributed by atoms with van der Waals surface area (Å²) in [5.74, 6) is 1.85. The molecule has 7 nitrogen and oxygen atoms in total. The van der Waals surface area contributed by atoms with Crippen LogP contribution in [0, 0.1) is 0 Å². The molecule has 3 aromatic rings. The van der Waals surface area contributed by atoms with E-state index in [1.165, 1.54) is 0 Å². The van der Waals surface area contributed by atoms with Gasteiger partial charge < -0.3 is 20.9 Å². The lowest BCUT2D eigenvalue weighted by Gasteiger charge is -2.31. The third-order valence-electron chi connectivity index (χ3n) is 5.31. The molecule has 3 N–H and O–H groups in total. The molecule has 0 saturated carbocycles. The second-order valence-corrected chi connectivity index (χ2v) is 7.92. The van der Waals surface area contributed by atoms with Gasteiger partial charge in [-0.3, -0.25) is 0 Å². The molecule has 2 aromatic heterocycles. The first-order valence-corrected chi connectivity index (χ1v) is 9.96. The number of rotatable bonds is 5. The molecule has 1 fully saturated rings. The second-order valence-electron chi connectivity index (χ2n) is 7.92. The van der Waals surface area contributed by atoms with Crippen molar-refractivity contribution < 1.29 is 13.2 Å². The number of nitrogen functional groups attached to an aromatic ring is 1. The Morgan fingerprint density at radius 3 is 2.48 bits per heavy atom. The minimum Gasteiger partial charge on any atom is -0.399 e. The van der Waals surface area contributed by atoms with Gasteiger partial charge in [0.15, 0.2) is 0 Å². The van der Waals surface area contributed by atoms with E-state index < -0.39 is 17.8 Å². The van der Waals surface area contributed by atoms with Crippen molar-refractivity contribution in [3.63, 3.8) is 0 Å². The third kappa shape index (κ3) is 4.28. The lowest BCUT2D eigenvalue weighted by Crippen LogP contribution is -2.38. The first kappa shape index (κ1) is 21.0. The molecular formula is C21H24F3N7. The molecule has 164 valence electrons. The Hall–Kier alpha value is -3.30. The Labute approximate surface area is 178 Å². The molecule has 0 radical (unpaired) electrons. The van der Waals surface area contributed by atoms with E-state index in [9.17, 15) is 13.2 Å². The maximum atomic E-state index is 13.2. The number of hydrogen-bond donors (Lipinski definition) is 2. The highest BCUT2D eigenvalue weighted by Crippen LogP contribution is 2.34. The fourth-order valence-corrected chi connectivity index (χ4v) is 3.40. The van der Waals surface area contributed by atoms with E-state index in [-0.39, 0.29) is 5.69 Å². The summed E-state index contributed by atoms with van der Waals surface area (Å²) in [4.78, 5) is 17.7. The van der Waals surface area contributed by atoms with Crippen LogP contribution in [0.3, 0.4) is 0 Å². The Balaban J connectivity index is 1.75. The number of alkyl halides is 3. The van der Waals surface area contributed by atoms with Crippen molar-refractivity contribution in [1.29, 1.82) is 0 Å². The third-order valence-corrected chi connectivity index (χ3v) is 5.31. The van der Waals surface area contributed by atoms with Crippen LogP contribution in [0.2, 0.25) is 0 Å². The predicted octanol–water partition coefficient (Wildman–Crippen LogP) is 4.08. The van der Waals surface area contributed by atoms with Crippen molar-refractivity contribution in [3.8, 4) is 0 Å². The van der Waals surface area contributed by atoms with Crippen molar-refractivity contribution in [3.05, 3.63) is 41.6 Å². The van der Waals surface area contributed by atoms with Crippen LogP contribution in [0.15, 0.2) is 30.5 Å². The number of fused-ring (bicyclic) bond motifs is 1. The Morgan fingerprint density at radius 1 is 1.13 bits per heavy atom. The van der Waals surface area contributed by atoms with Gasteiger partial charge in [-0.15, -0.1) is 0 Å². The minimum absolute atomic E-state index is 0.0615. The lowest BCUT2D eigenvalue weighted by molar-refractivity contribution is -0.137. The Kier molecular flexibility index (Phi) is 5.24. The molecule has 0 aliphatic carbocycles. The predicted molar refractivity (Wildman–Crippen MR) is 116 cm³/mol. The molecule has 1 aliphatic rings. The highest BCUT2D eigenvalue weighted by Gasteiger charge is 2.31. The van der Waals surface area contributed by atoms with Gasteiger partial charge in [-0.2, -0.15) is 18.2 Å². The second kappa shape index (κ2) is 7.75. The van der Waals surface area contributed by atoms with E-state index in [2.05, 4.69) is 25.2 Å². The zero-order valence-corrected chi connectivity index (χ0v) is 17.5. The summed E-state index contributed by atoms with van der Waals surface area (Å²) >= 11 is 0. The van der Waals surface area contributed by atoms with E-state index >= 15 is 0 Å². The van der Waals surface area contributed by atoms with Gasteiger partial charge in [-0.1, -0.05) is 0 Å². The molecule has 1 aliphatic heterocycles. The molecular weight excluding hydrogens is 407 g/mol. The molecule has 0 amide bonds. The van der Waals surface area contributed by atoms with Crippen LogP contribution >= 0.6 is 0 Å². The van der Waals surface area contributed by atoms with Gasteiger partial charge in [0.1, 0.15) is 11.6 Å². The van der Waals surface area contributed by atoms with Gasteiger partial charge in [0.2, 0.25) is 5.95 Å². The van der Waals surface area contributed by atoms with E-state index in [0.29, 0.717) is 22.8 Å². The average molecular weight is 431 g/mol. The molecule has 31 heavy (non-hydrogen) atoms. The Morgan fingerprint density at radius 2 is 1.87 bits per heavy atom. The quantitative estimate of drug-likeness (QED) is 0.589. The summed E-state index contributed by atoms with van der Waals surface area (Å²) in [6.07, 6.45) is -1.71. The normalized spacial score (nSPS) is 15.0. The fourth-order valence-electron chi connectivity index (χ4n) is 3.40. The average Bonchev–Trinajstić information content (AvgIpc) is 2.65. The number of halogens is 3. The Bertz CT molecular complexity index is 1110. The standard InChI is InChI=1S/C21H24F3N7/c1-12(13-7-14(21(22,23)24)9-15(25)8-13)27-19-16-10-18(30(2)3)26-11-17(16)28-20(29-19)31-5-4-6-31/h7-12H,4-6,25H2,1-3H3,(H,27,28,29)/t12-/m1/s1. The number of anilines is 4. The van der Waals surface area contributed by atoms with Crippen LogP contribution in [-0.2, 0) is 6.18 Å². The smallest absolute Gasteiger partial charge is 0.399 e. The van der Waals surface area contributed by atoms with Gasteiger partial charge in [0, 0.05) is 38.3 Å². The molecule has 3 heterocycles. The number of benzene rings is 1. The molecule has 1 saturated heterocycles. The molecule has 1 aromatic carbocycles. The molecule has 4 rings (SSSR count). The zero-order valence-electron chi connectivity index (χ0n) is 17.5. The van der Waals surface area contributed by atoms with Crippen molar-refractivity contribution >= 4 is 34.2 Å². The van der Waals surface area contributed by atoms with Crippen LogP contribution in [-0.4, -0.2) is 42.1 Å². The fraction of sp³-hybridized carbons (Fsp3) is 0.381. The number of hydrogen-bond acceptors (Lipinski definition) is 7. The van der Waals surface area contributed by atoms with E-state index in [0.717, 1.165) is 42.8 Å². The SMILES string of the molecule is C[C@@H](Nc1nc(N2CCC2)nc2cnc(N(C)C)cc12)c1cc(N)cc(C(F)(F)F)c1. The number of pyridine rings is 1. The minimum atomic E-state index is -4.47. The largest absolute Gasteiger partial charge is 0.416 e. The summed E-state index contributed by atoms with van der Waals surface area (Å²) < 4.78 is 39.7. The van der Waals surface area contributed by atoms with Crippen molar-refractivity contribution in [2.45, 2.75) is 25.6 Å². The molecule has 10 heteroatoms. The highest BCUT2D eigenvalue weighted by molar-refractivity contribution is 5.91. The topological polar surface area (TPSA) is 83.2 Å². The molecule has 0 bridgehead atoms. The zero-order chi connectivity index (χ0) is 22.3. The van der Waals surface area contributed by atoms with E-state index in [4.69, 9.17) is 5.73 Å². The molecule has 1 atom stereocenters. The highest BCUT2D eigenvalue weighted by atomic mass is 19.4. The van der Waals surface area contributed by atoms with Crippen molar-refractivity contribution in [2.24, 2.45) is 0 Å². The first-order chi connectivity index (χ1) is 14.6. The maximum Gasteiger partial charge on any atom is 0.416 e. The summed E-state index contributed by atoms with van der Waals surface area (Å²) in [6.45, 7) is 3.52. The number of nitrogens with zero attached hydrogens (tertiary/aromatic N) is 5. The van der Waals surface area contributed by atoms with Gasteiger partial charge in [-0.05, 0) is 43.2 Å². The van der Waals surface area contributed by atoms with Crippen LogP contribution in [0.4, 0.5) is 36.4 Å². The molecule has 0 unspecified atom stereocenters. The van der Waals surface area contributed by atoms with Crippen molar-refractivity contribution in [2.75, 3.05) is 48.0 Å². The first-order valence-electron chi connectivity index (χ1n) is 9.96. The van der Waals surface area contributed by atoms with Crippen LogP contribution in [0.25, 0.3) is 10.9 Å². The number of aromatic nitrogens is 3. The van der Waals surface area contributed by atoms with Gasteiger partial charge in [0.25, 0.3) is 0 Å². The lowest BCUT2D eigenvalue weighted by atomic mass is 10.0. The summed E-state index contributed by atoms with van der Waals surface area (Å²) in [6, 6.07) is 4.99.